The summed E-state index contributed by atoms with van der Waals surface area (Å²) in [5.41, 5.74) is 1.89. The number of carboxylic acid groups (broad SMARTS) is 1. The number of carbonyl (C=O) groups is 1. The second-order valence-corrected chi connectivity index (χ2v) is 5.07. The first kappa shape index (κ1) is 15.6. The van der Waals surface area contributed by atoms with Gasteiger partial charge in [0.1, 0.15) is 11.5 Å². The van der Waals surface area contributed by atoms with Gasteiger partial charge in [-0.2, -0.15) is 0 Å². The second kappa shape index (κ2) is 6.78. The van der Waals surface area contributed by atoms with Crippen LogP contribution in [-0.4, -0.2) is 38.9 Å². The Labute approximate surface area is 124 Å². The van der Waals surface area contributed by atoms with Crippen molar-refractivity contribution in [3.63, 3.8) is 0 Å². The fourth-order valence-corrected chi connectivity index (χ4v) is 2.76. The van der Waals surface area contributed by atoms with Crippen molar-refractivity contribution in [2.45, 2.75) is 19.1 Å². The van der Waals surface area contributed by atoms with Gasteiger partial charge in [-0.05, 0) is 18.1 Å². The first-order valence-electron chi connectivity index (χ1n) is 6.80. The van der Waals surface area contributed by atoms with Crippen molar-refractivity contribution in [2.75, 3.05) is 27.9 Å². The minimum absolute atomic E-state index is 0.0582. The van der Waals surface area contributed by atoms with Crippen LogP contribution in [0.2, 0.25) is 0 Å². The summed E-state index contributed by atoms with van der Waals surface area (Å²) in [4.78, 5) is 11.1. The lowest BCUT2D eigenvalue weighted by atomic mass is 9.95. The summed E-state index contributed by atoms with van der Waals surface area (Å²) in [6.07, 6.45) is 0.536. The van der Waals surface area contributed by atoms with Crippen molar-refractivity contribution in [1.29, 1.82) is 0 Å². The van der Waals surface area contributed by atoms with Crippen LogP contribution in [0.4, 0.5) is 0 Å². The molecular formula is C15H21NO5. The quantitative estimate of drug-likeness (QED) is 0.830. The molecule has 1 saturated heterocycles. The van der Waals surface area contributed by atoms with Crippen LogP contribution in [0.1, 0.15) is 23.6 Å². The normalized spacial score (nSPS) is 21.3. The van der Waals surface area contributed by atoms with Gasteiger partial charge < -0.3 is 24.6 Å². The molecule has 0 spiro atoms. The van der Waals surface area contributed by atoms with Gasteiger partial charge in [-0.25, -0.2) is 0 Å². The zero-order chi connectivity index (χ0) is 15.4. The molecule has 0 saturated carbocycles. The van der Waals surface area contributed by atoms with Crippen molar-refractivity contribution >= 4 is 5.97 Å². The maximum absolute atomic E-state index is 11.1. The summed E-state index contributed by atoms with van der Waals surface area (Å²) in [5.74, 6) is 0.225. The highest BCUT2D eigenvalue weighted by Gasteiger charge is 2.33. The number of hydrogen-bond acceptors (Lipinski definition) is 5. The second-order valence-electron chi connectivity index (χ2n) is 5.07. The van der Waals surface area contributed by atoms with Crippen LogP contribution in [-0.2, 0) is 16.1 Å². The fourth-order valence-electron chi connectivity index (χ4n) is 2.76. The van der Waals surface area contributed by atoms with Crippen LogP contribution in [0.15, 0.2) is 12.1 Å². The third-order valence-corrected chi connectivity index (χ3v) is 3.79. The van der Waals surface area contributed by atoms with Gasteiger partial charge in [0.2, 0.25) is 0 Å². The Morgan fingerprint density at radius 3 is 2.62 bits per heavy atom. The number of ether oxygens (including phenoxy) is 3. The molecule has 0 aromatic heterocycles. The van der Waals surface area contributed by atoms with Gasteiger partial charge in [0.15, 0.2) is 0 Å². The summed E-state index contributed by atoms with van der Waals surface area (Å²) >= 11 is 0. The molecule has 21 heavy (non-hydrogen) atoms. The van der Waals surface area contributed by atoms with Crippen LogP contribution in [0, 0.1) is 5.92 Å². The summed E-state index contributed by atoms with van der Waals surface area (Å²) in [5, 5.41) is 12.4. The molecule has 2 unspecified atom stereocenters. The zero-order valence-electron chi connectivity index (χ0n) is 12.5. The van der Waals surface area contributed by atoms with Gasteiger partial charge in [-0.1, -0.05) is 0 Å². The van der Waals surface area contributed by atoms with Gasteiger partial charge in [0.05, 0.1) is 26.7 Å². The lowest BCUT2D eigenvalue weighted by Crippen LogP contribution is -2.18. The number of nitrogens with one attached hydrogen (secondary N) is 1. The van der Waals surface area contributed by atoms with Gasteiger partial charge in [0.25, 0.3) is 0 Å². The average molecular weight is 295 g/mol. The van der Waals surface area contributed by atoms with E-state index in [1.807, 2.05) is 12.1 Å². The predicted molar refractivity (Wildman–Crippen MR) is 76.7 cm³/mol. The molecule has 0 bridgehead atoms. The lowest BCUT2D eigenvalue weighted by Gasteiger charge is -2.20. The molecule has 1 heterocycles. The smallest absolute Gasteiger partial charge is 0.307 e. The predicted octanol–water partition coefficient (Wildman–Crippen LogP) is 1.59. The first-order chi connectivity index (χ1) is 10.1. The third kappa shape index (κ3) is 3.28. The maximum Gasteiger partial charge on any atom is 0.307 e. The number of rotatable bonds is 6. The van der Waals surface area contributed by atoms with Crippen molar-refractivity contribution < 1.29 is 24.1 Å². The van der Waals surface area contributed by atoms with Crippen molar-refractivity contribution in [3.8, 4) is 11.5 Å². The number of carboxylic acids is 1. The summed E-state index contributed by atoms with van der Waals surface area (Å²) < 4.78 is 16.0. The molecule has 1 aliphatic rings. The highest BCUT2D eigenvalue weighted by molar-refractivity contribution is 5.71. The molecule has 1 aromatic carbocycles. The van der Waals surface area contributed by atoms with E-state index in [-0.39, 0.29) is 12.0 Å². The van der Waals surface area contributed by atoms with Crippen molar-refractivity contribution in [2.24, 2.45) is 5.92 Å². The van der Waals surface area contributed by atoms with E-state index >= 15 is 0 Å². The highest BCUT2D eigenvalue weighted by atomic mass is 16.5. The van der Waals surface area contributed by atoms with Crippen LogP contribution in [0.3, 0.4) is 0 Å². The third-order valence-electron chi connectivity index (χ3n) is 3.79. The SMILES string of the molecule is COCc1cc(OC)cc(OC)c1C1CC(C(=O)O)CN1. The van der Waals surface area contributed by atoms with Crippen molar-refractivity contribution in [3.05, 3.63) is 23.3 Å². The van der Waals surface area contributed by atoms with E-state index in [0.29, 0.717) is 31.1 Å². The fraction of sp³-hybridized carbons (Fsp3) is 0.533. The molecule has 1 aromatic rings. The lowest BCUT2D eigenvalue weighted by molar-refractivity contribution is -0.141. The zero-order valence-corrected chi connectivity index (χ0v) is 12.5. The molecule has 1 aliphatic heterocycles. The first-order valence-corrected chi connectivity index (χ1v) is 6.80. The van der Waals surface area contributed by atoms with E-state index in [1.165, 1.54) is 0 Å². The molecule has 0 aliphatic carbocycles. The number of methoxy groups -OCH3 is 3. The van der Waals surface area contributed by atoms with E-state index in [4.69, 9.17) is 19.3 Å². The molecule has 6 heteroatoms. The number of benzene rings is 1. The van der Waals surface area contributed by atoms with E-state index < -0.39 is 5.97 Å². The molecule has 2 rings (SSSR count). The molecule has 0 radical (unpaired) electrons. The minimum Gasteiger partial charge on any atom is -0.497 e. The Kier molecular flexibility index (Phi) is 5.03. The highest BCUT2D eigenvalue weighted by Crippen LogP contribution is 2.38. The van der Waals surface area contributed by atoms with E-state index in [2.05, 4.69) is 5.32 Å². The maximum atomic E-state index is 11.1. The molecule has 1 fully saturated rings. The van der Waals surface area contributed by atoms with Crippen molar-refractivity contribution in [1.82, 2.24) is 5.32 Å². The molecule has 116 valence electrons. The van der Waals surface area contributed by atoms with Gasteiger partial charge in [0, 0.05) is 31.3 Å². The Morgan fingerprint density at radius 1 is 1.33 bits per heavy atom. The van der Waals surface area contributed by atoms with Gasteiger partial charge in [-0.3, -0.25) is 4.79 Å². The largest absolute Gasteiger partial charge is 0.497 e. The minimum atomic E-state index is -0.772. The van der Waals surface area contributed by atoms with E-state index in [9.17, 15) is 4.79 Å². The number of aliphatic carboxylic acids is 1. The Hall–Kier alpha value is -1.79. The Bertz CT molecular complexity index is 517. The van der Waals surface area contributed by atoms with E-state index in [0.717, 1.165) is 11.1 Å². The monoisotopic (exact) mass is 295 g/mol. The molecule has 0 amide bonds. The molecule has 2 N–H and O–H groups in total. The van der Waals surface area contributed by atoms with E-state index in [1.54, 1.807) is 21.3 Å². The molecule has 2 atom stereocenters. The Morgan fingerprint density at radius 2 is 2.10 bits per heavy atom. The van der Waals surface area contributed by atoms with Crippen LogP contribution in [0.25, 0.3) is 0 Å². The van der Waals surface area contributed by atoms with Gasteiger partial charge in [-0.15, -0.1) is 0 Å². The van der Waals surface area contributed by atoms with Crippen LogP contribution < -0.4 is 14.8 Å². The Balaban J connectivity index is 2.38. The summed E-state index contributed by atoms with van der Waals surface area (Å²) in [6, 6.07) is 3.65. The van der Waals surface area contributed by atoms with Gasteiger partial charge >= 0.3 is 5.97 Å². The number of hydrogen-bond donors (Lipinski definition) is 2. The average Bonchev–Trinajstić information content (AvgIpc) is 2.96. The standard InChI is InChI=1S/C15H21NO5/c1-19-8-10-4-11(20-2)6-13(21-3)14(10)12-5-9(7-16-12)15(17)18/h4,6,9,12,16H,5,7-8H2,1-3H3,(H,17,18). The van der Waals surface area contributed by atoms with Crippen LogP contribution >= 0.6 is 0 Å². The topological polar surface area (TPSA) is 77.0 Å². The molecular weight excluding hydrogens is 274 g/mol. The summed E-state index contributed by atoms with van der Waals surface area (Å²) in [6.45, 7) is 0.875. The summed E-state index contributed by atoms with van der Waals surface area (Å²) in [7, 11) is 4.82. The molecule has 6 nitrogen and oxygen atoms in total. The van der Waals surface area contributed by atoms with Crippen LogP contribution in [0.5, 0.6) is 11.5 Å².